The average Bonchev–Trinajstić information content (AvgIpc) is 2.70. The minimum Gasteiger partial charge on any atom is -0.328 e. The number of nitrogens with zero attached hydrogens (tertiary/aromatic N) is 1. The van der Waals surface area contributed by atoms with E-state index in [1.54, 1.807) is 10.4 Å². The van der Waals surface area contributed by atoms with Gasteiger partial charge in [0.05, 0.1) is 3.79 Å². The van der Waals surface area contributed by atoms with Gasteiger partial charge in [-0.2, -0.15) is 4.31 Å². The highest BCUT2D eigenvalue weighted by Crippen LogP contribution is 2.34. The lowest BCUT2D eigenvalue weighted by molar-refractivity contribution is 0.243. The van der Waals surface area contributed by atoms with E-state index < -0.39 is 10.0 Å². The van der Waals surface area contributed by atoms with E-state index in [1.165, 1.54) is 11.3 Å². The van der Waals surface area contributed by atoms with Crippen LogP contribution in [0.3, 0.4) is 0 Å². The molecule has 0 bridgehead atoms. The predicted octanol–water partition coefficient (Wildman–Crippen LogP) is 2.57. The van der Waals surface area contributed by atoms with Crippen LogP contribution in [0, 0.1) is 12.8 Å². The van der Waals surface area contributed by atoms with E-state index in [4.69, 9.17) is 5.73 Å². The molecule has 1 aromatic heterocycles. The van der Waals surface area contributed by atoms with Crippen LogP contribution in [0.25, 0.3) is 0 Å². The van der Waals surface area contributed by atoms with Crippen LogP contribution in [0.5, 0.6) is 0 Å². The van der Waals surface area contributed by atoms with Gasteiger partial charge in [-0.25, -0.2) is 8.42 Å². The molecule has 2 rings (SSSR count). The molecular formula is C12H19BrN2O2S2. The normalized spacial score (nSPS) is 23.5. The summed E-state index contributed by atoms with van der Waals surface area (Å²) < 4.78 is 28.1. The molecule has 2 atom stereocenters. The van der Waals surface area contributed by atoms with E-state index in [0.717, 1.165) is 22.2 Å². The maximum absolute atomic E-state index is 12.6. The van der Waals surface area contributed by atoms with Crippen LogP contribution in [0.1, 0.15) is 25.3 Å². The molecule has 1 aromatic rings. The highest BCUT2D eigenvalue weighted by atomic mass is 79.9. The Bertz CT molecular complexity index is 535. The van der Waals surface area contributed by atoms with Crippen LogP contribution in [-0.4, -0.2) is 31.9 Å². The van der Waals surface area contributed by atoms with Crippen molar-refractivity contribution in [3.8, 4) is 0 Å². The Balaban J connectivity index is 2.24. The lowest BCUT2D eigenvalue weighted by Gasteiger charge is -2.33. The van der Waals surface area contributed by atoms with Crippen molar-refractivity contribution in [1.82, 2.24) is 4.31 Å². The molecule has 1 fully saturated rings. The number of hydrogen-bond donors (Lipinski definition) is 1. The molecule has 0 unspecified atom stereocenters. The Labute approximate surface area is 127 Å². The average molecular weight is 367 g/mol. The van der Waals surface area contributed by atoms with E-state index in [0.29, 0.717) is 17.3 Å². The van der Waals surface area contributed by atoms with Crippen molar-refractivity contribution in [1.29, 1.82) is 0 Å². The fourth-order valence-electron chi connectivity index (χ4n) is 2.31. The first-order valence-electron chi connectivity index (χ1n) is 6.34. The van der Waals surface area contributed by atoms with Crippen LogP contribution >= 0.6 is 27.3 Å². The highest BCUT2D eigenvalue weighted by Gasteiger charge is 2.32. The fraction of sp³-hybridized carbons (Fsp3) is 0.667. The van der Waals surface area contributed by atoms with Crippen molar-refractivity contribution >= 4 is 37.3 Å². The van der Waals surface area contributed by atoms with E-state index >= 15 is 0 Å². The molecule has 0 aliphatic carbocycles. The summed E-state index contributed by atoms with van der Waals surface area (Å²) in [5.41, 5.74) is 6.88. The fourth-order valence-corrected chi connectivity index (χ4v) is 6.22. The van der Waals surface area contributed by atoms with Crippen molar-refractivity contribution in [2.45, 2.75) is 36.9 Å². The molecule has 0 spiro atoms. The zero-order valence-corrected chi connectivity index (χ0v) is 14.3. The molecular weight excluding hydrogens is 348 g/mol. The standard InChI is InChI=1S/C12H19BrN2O2S2/c1-8-6-11(18-12(8)13)19(16,17)15-5-3-4-10(7-15)9(2)14/h6,9-10H,3-5,7,14H2,1-2H3/t9-,10+/m1/s1. The smallest absolute Gasteiger partial charge is 0.252 e. The summed E-state index contributed by atoms with van der Waals surface area (Å²) in [5, 5.41) is 0. The first kappa shape index (κ1) is 15.4. The van der Waals surface area contributed by atoms with Crippen molar-refractivity contribution in [2.75, 3.05) is 13.1 Å². The van der Waals surface area contributed by atoms with Crippen LogP contribution in [-0.2, 0) is 10.0 Å². The van der Waals surface area contributed by atoms with E-state index in [-0.39, 0.29) is 12.0 Å². The molecule has 0 amide bonds. The quantitative estimate of drug-likeness (QED) is 0.893. The molecule has 2 heterocycles. The van der Waals surface area contributed by atoms with Gasteiger partial charge in [-0.1, -0.05) is 0 Å². The molecule has 4 nitrogen and oxygen atoms in total. The van der Waals surface area contributed by atoms with Crippen LogP contribution in [0.4, 0.5) is 0 Å². The van der Waals surface area contributed by atoms with Gasteiger partial charge in [0.15, 0.2) is 0 Å². The first-order chi connectivity index (χ1) is 8.82. The van der Waals surface area contributed by atoms with Crippen molar-refractivity contribution in [2.24, 2.45) is 11.7 Å². The summed E-state index contributed by atoms with van der Waals surface area (Å²) in [6.07, 6.45) is 1.90. The number of hydrogen-bond acceptors (Lipinski definition) is 4. The van der Waals surface area contributed by atoms with Crippen LogP contribution < -0.4 is 5.73 Å². The first-order valence-corrected chi connectivity index (χ1v) is 9.39. The Morgan fingerprint density at radius 1 is 1.58 bits per heavy atom. The summed E-state index contributed by atoms with van der Waals surface area (Å²) in [4.78, 5) is 0. The predicted molar refractivity (Wildman–Crippen MR) is 81.9 cm³/mol. The molecule has 0 aromatic carbocycles. The summed E-state index contributed by atoms with van der Waals surface area (Å²) in [6, 6.07) is 1.77. The number of piperidine rings is 1. The Hall–Kier alpha value is 0.0500. The molecule has 1 saturated heterocycles. The van der Waals surface area contributed by atoms with Gasteiger partial charge < -0.3 is 5.73 Å². The minimum atomic E-state index is -3.36. The maximum atomic E-state index is 12.6. The van der Waals surface area contributed by atoms with Crippen molar-refractivity contribution < 1.29 is 8.42 Å². The zero-order valence-electron chi connectivity index (χ0n) is 11.1. The van der Waals surface area contributed by atoms with E-state index in [2.05, 4.69) is 15.9 Å². The molecule has 2 N–H and O–H groups in total. The summed E-state index contributed by atoms with van der Waals surface area (Å²) in [7, 11) is -3.36. The molecule has 19 heavy (non-hydrogen) atoms. The van der Waals surface area contributed by atoms with Crippen LogP contribution in [0.2, 0.25) is 0 Å². The molecule has 7 heteroatoms. The number of halogens is 1. The number of rotatable bonds is 3. The van der Waals surface area contributed by atoms with Crippen molar-refractivity contribution in [3.05, 3.63) is 15.4 Å². The number of thiophene rings is 1. The Kier molecular flexibility index (Phi) is 4.72. The second-order valence-corrected chi connectivity index (χ2v) is 9.68. The summed E-state index contributed by atoms with van der Waals surface area (Å²) in [6.45, 7) is 4.99. The lowest BCUT2D eigenvalue weighted by Crippen LogP contribution is -2.44. The van der Waals surface area contributed by atoms with Crippen LogP contribution in [0.15, 0.2) is 14.1 Å². The minimum absolute atomic E-state index is 0.0369. The largest absolute Gasteiger partial charge is 0.328 e. The Morgan fingerprint density at radius 3 is 2.79 bits per heavy atom. The van der Waals surface area contributed by atoms with Gasteiger partial charge in [0, 0.05) is 19.1 Å². The second kappa shape index (κ2) is 5.81. The molecule has 1 aliphatic rings. The van der Waals surface area contributed by atoms with Gasteiger partial charge >= 0.3 is 0 Å². The van der Waals surface area contributed by atoms with Crippen molar-refractivity contribution in [3.63, 3.8) is 0 Å². The monoisotopic (exact) mass is 366 g/mol. The Morgan fingerprint density at radius 2 is 2.26 bits per heavy atom. The lowest BCUT2D eigenvalue weighted by atomic mass is 9.93. The third-order valence-electron chi connectivity index (χ3n) is 3.59. The van der Waals surface area contributed by atoms with Gasteiger partial charge in [0.25, 0.3) is 10.0 Å². The van der Waals surface area contributed by atoms with Gasteiger partial charge in [0.1, 0.15) is 4.21 Å². The zero-order chi connectivity index (χ0) is 14.2. The molecule has 108 valence electrons. The number of aryl methyl sites for hydroxylation is 1. The van der Waals surface area contributed by atoms with Gasteiger partial charge in [-0.15, -0.1) is 11.3 Å². The molecule has 0 radical (unpaired) electrons. The highest BCUT2D eigenvalue weighted by molar-refractivity contribution is 9.11. The van der Waals surface area contributed by atoms with E-state index in [9.17, 15) is 8.42 Å². The number of nitrogens with two attached hydrogens (primary N) is 1. The summed E-state index contributed by atoms with van der Waals surface area (Å²) in [5.74, 6) is 0.257. The van der Waals surface area contributed by atoms with Gasteiger partial charge in [-0.05, 0) is 60.2 Å². The second-order valence-electron chi connectivity index (χ2n) is 5.15. The number of sulfonamides is 1. The molecule has 0 saturated carbocycles. The van der Waals surface area contributed by atoms with Gasteiger partial charge in [-0.3, -0.25) is 0 Å². The van der Waals surface area contributed by atoms with E-state index in [1.807, 2.05) is 13.8 Å². The maximum Gasteiger partial charge on any atom is 0.252 e. The summed E-state index contributed by atoms with van der Waals surface area (Å²) >= 11 is 4.66. The molecule has 1 aliphatic heterocycles. The topological polar surface area (TPSA) is 63.4 Å². The third kappa shape index (κ3) is 3.21. The third-order valence-corrected chi connectivity index (χ3v) is 8.04. The SMILES string of the molecule is Cc1cc(S(=O)(=O)N2CCC[C@H]([C@@H](C)N)C2)sc1Br. The van der Waals surface area contributed by atoms with Gasteiger partial charge in [0.2, 0.25) is 0 Å².